The largest absolute Gasteiger partial charge is 0.493 e. The number of halogens is 1. The number of alkyl halides is 1. The first-order valence-corrected chi connectivity index (χ1v) is 6.97. The molecule has 2 nitrogen and oxygen atoms in total. The maximum absolute atomic E-state index is 5.29. The quantitative estimate of drug-likeness (QED) is 0.703. The molecule has 0 aliphatic rings. The standard InChI is InChI=1S/C14H21BrO2/c1-4-5-12(15)8-6-11-7-9-13(16-2)14(10-11)17-3/h7,9-10,12H,4-6,8H2,1-3H3. The van der Waals surface area contributed by atoms with Crippen molar-refractivity contribution in [3.63, 3.8) is 0 Å². The molecule has 0 aromatic heterocycles. The minimum absolute atomic E-state index is 0.612. The average Bonchev–Trinajstić information content (AvgIpc) is 2.36. The first-order valence-electron chi connectivity index (χ1n) is 6.06. The number of rotatable bonds is 7. The molecule has 0 saturated carbocycles. The molecule has 0 fully saturated rings. The van der Waals surface area contributed by atoms with Crippen LogP contribution in [0.1, 0.15) is 31.7 Å². The molecule has 0 heterocycles. The number of aryl methyl sites for hydroxylation is 1. The molecule has 3 heteroatoms. The first kappa shape index (κ1) is 14.4. The second kappa shape index (κ2) is 7.59. The van der Waals surface area contributed by atoms with Gasteiger partial charge >= 0.3 is 0 Å². The molecule has 0 bridgehead atoms. The van der Waals surface area contributed by atoms with Crippen LogP contribution in [0.3, 0.4) is 0 Å². The van der Waals surface area contributed by atoms with E-state index in [1.807, 2.05) is 6.07 Å². The Morgan fingerprint density at radius 2 is 1.82 bits per heavy atom. The third kappa shape index (κ3) is 4.58. The van der Waals surface area contributed by atoms with E-state index >= 15 is 0 Å². The number of hydrogen-bond acceptors (Lipinski definition) is 2. The van der Waals surface area contributed by atoms with Crippen molar-refractivity contribution in [2.45, 2.75) is 37.4 Å². The summed E-state index contributed by atoms with van der Waals surface area (Å²) in [5.41, 5.74) is 1.29. The highest BCUT2D eigenvalue weighted by Gasteiger charge is 2.07. The summed E-state index contributed by atoms with van der Waals surface area (Å²) in [6.07, 6.45) is 4.68. The number of benzene rings is 1. The van der Waals surface area contributed by atoms with Crippen LogP contribution in [0.15, 0.2) is 18.2 Å². The van der Waals surface area contributed by atoms with Crippen LogP contribution in [0.5, 0.6) is 11.5 Å². The molecule has 0 spiro atoms. The molecular weight excluding hydrogens is 280 g/mol. The monoisotopic (exact) mass is 300 g/mol. The molecule has 96 valence electrons. The van der Waals surface area contributed by atoms with Gasteiger partial charge in [0.05, 0.1) is 14.2 Å². The maximum atomic E-state index is 5.29. The molecular formula is C14H21BrO2. The molecule has 1 aromatic rings. The molecule has 0 amide bonds. The summed E-state index contributed by atoms with van der Waals surface area (Å²) in [5, 5.41) is 0. The Labute approximate surface area is 112 Å². The summed E-state index contributed by atoms with van der Waals surface area (Å²) in [5.74, 6) is 1.60. The molecule has 1 atom stereocenters. The number of ether oxygens (including phenoxy) is 2. The summed E-state index contributed by atoms with van der Waals surface area (Å²) in [4.78, 5) is 0.612. The third-order valence-corrected chi connectivity index (χ3v) is 3.71. The topological polar surface area (TPSA) is 18.5 Å². The van der Waals surface area contributed by atoms with Crippen LogP contribution >= 0.6 is 15.9 Å². The van der Waals surface area contributed by atoms with Gasteiger partial charge in [0, 0.05) is 4.83 Å². The van der Waals surface area contributed by atoms with Gasteiger partial charge in [-0.2, -0.15) is 0 Å². The minimum atomic E-state index is 0.612. The Morgan fingerprint density at radius 1 is 1.12 bits per heavy atom. The lowest BCUT2D eigenvalue weighted by Crippen LogP contribution is -2.00. The van der Waals surface area contributed by atoms with Crippen molar-refractivity contribution in [2.75, 3.05) is 14.2 Å². The molecule has 0 N–H and O–H groups in total. The van der Waals surface area contributed by atoms with Crippen LogP contribution in [-0.4, -0.2) is 19.0 Å². The van der Waals surface area contributed by atoms with Crippen LogP contribution in [0.25, 0.3) is 0 Å². The molecule has 0 aliphatic carbocycles. The van der Waals surface area contributed by atoms with E-state index in [4.69, 9.17) is 9.47 Å². The lowest BCUT2D eigenvalue weighted by atomic mass is 10.1. The van der Waals surface area contributed by atoms with E-state index in [9.17, 15) is 0 Å². The van der Waals surface area contributed by atoms with E-state index in [1.165, 1.54) is 18.4 Å². The second-order valence-corrected chi connectivity index (χ2v) is 5.41. The molecule has 17 heavy (non-hydrogen) atoms. The van der Waals surface area contributed by atoms with Crippen LogP contribution in [-0.2, 0) is 6.42 Å². The van der Waals surface area contributed by atoms with Gasteiger partial charge < -0.3 is 9.47 Å². The average molecular weight is 301 g/mol. The summed E-state index contributed by atoms with van der Waals surface area (Å²) in [7, 11) is 3.33. The fourth-order valence-corrected chi connectivity index (χ4v) is 2.50. The van der Waals surface area contributed by atoms with Crippen molar-refractivity contribution < 1.29 is 9.47 Å². The highest BCUT2D eigenvalue weighted by atomic mass is 79.9. The maximum Gasteiger partial charge on any atom is 0.160 e. The molecule has 1 rings (SSSR count). The molecule has 1 aromatic carbocycles. The van der Waals surface area contributed by atoms with Gasteiger partial charge in [-0.25, -0.2) is 0 Å². The predicted octanol–water partition coefficient (Wildman–Crippen LogP) is 4.20. The highest BCUT2D eigenvalue weighted by Crippen LogP contribution is 2.28. The van der Waals surface area contributed by atoms with Crippen molar-refractivity contribution in [1.82, 2.24) is 0 Å². The minimum Gasteiger partial charge on any atom is -0.493 e. The molecule has 1 unspecified atom stereocenters. The second-order valence-electron chi connectivity index (χ2n) is 4.11. The zero-order valence-electron chi connectivity index (χ0n) is 10.8. The van der Waals surface area contributed by atoms with Gasteiger partial charge in [-0.1, -0.05) is 35.3 Å². The van der Waals surface area contributed by atoms with Crippen molar-refractivity contribution in [3.8, 4) is 11.5 Å². The van der Waals surface area contributed by atoms with Crippen LogP contribution in [0.4, 0.5) is 0 Å². The summed E-state index contributed by atoms with van der Waals surface area (Å²) < 4.78 is 10.5. The van der Waals surface area contributed by atoms with E-state index in [1.54, 1.807) is 14.2 Å². The third-order valence-electron chi connectivity index (χ3n) is 2.80. The summed E-state index contributed by atoms with van der Waals surface area (Å²) >= 11 is 3.70. The summed E-state index contributed by atoms with van der Waals surface area (Å²) in [6.45, 7) is 2.21. The Morgan fingerprint density at radius 3 is 2.41 bits per heavy atom. The molecule has 0 radical (unpaired) electrons. The smallest absolute Gasteiger partial charge is 0.160 e. The Bertz CT molecular complexity index is 339. The Kier molecular flexibility index (Phi) is 6.41. The van der Waals surface area contributed by atoms with Gasteiger partial charge in [0.1, 0.15) is 0 Å². The normalized spacial score (nSPS) is 12.2. The van der Waals surface area contributed by atoms with Crippen molar-refractivity contribution in [2.24, 2.45) is 0 Å². The van der Waals surface area contributed by atoms with E-state index in [0.717, 1.165) is 24.3 Å². The van der Waals surface area contributed by atoms with Gasteiger partial charge in [0.25, 0.3) is 0 Å². The highest BCUT2D eigenvalue weighted by molar-refractivity contribution is 9.09. The van der Waals surface area contributed by atoms with Gasteiger partial charge in [0.15, 0.2) is 11.5 Å². The first-order chi connectivity index (χ1) is 8.21. The zero-order chi connectivity index (χ0) is 12.7. The van der Waals surface area contributed by atoms with Gasteiger partial charge in [-0.05, 0) is 37.0 Å². The SMILES string of the molecule is CCCC(Br)CCc1ccc(OC)c(OC)c1. The van der Waals surface area contributed by atoms with Crippen molar-refractivity contribution in [1.29, 1.82) is 0 Å². The molecule has 0 aliphatic heterocycles. The van der Waals surface area contributed by atoms with Crippen molar-refractivity contribution >= 4 is 15.9 Å². The van der Waals surface area contributed by atoms with Gasteiger partial charge in [-0.3, -0.25) is 0 Å². The number of hydrogen-bond donors (Lipinski definition) is 0. The van der Waals surface area contributed by atoms with E-state index in [-0.39, 0.29) is 0 Å². The van der Waals surface area contributed by atoms with E-state index in [2.05, 4.69) is 35.0 Å². The lowest BCUT2D eigenvalue weighted by molar-refractivity contribution is 0.354. The summed E-state index contributed by atoms with van der Waals surface area (Å²) in [6, 6.07) is 6.13. The Hall–Kier alpha value is -0.700. The molecule has 0 saturated heterocycles. The van der Waals surface area contributed by atoms with Crippen LogP contribution in [0, 0.1) is 0 Å². The zero-order valence-corrected chi connectivity index (χ0v) is 12.4. The predicted molar refractivity (Wildman–Crippen MR) is 75.5 cm³/mol. The van der Waals surface area contributed by atoms with Crippen LogP contribution in [0.2, 0.25) is 0 Å². The fourth-order valence-electron chi connectivity index (χ4n) is 1.82. The van der Waals surface area contributed by atoms with Crippen molar-refractivity contribution in [3.05, 3.63) is 23.8 Å². The Balaban J connectivity index is 2.60. The van der Waals surface area contributed by atoms with E-state index in [0.29, 0.717) is 4.83 Å². The van der Waals surface area contributed by atoms with E-state index < -0.39 is 0 Å². The van der Waals surface area contributed by atoms with Crippen LogP contribution < -0.4 is 9.47 Å². The lowest BCUT2D eigenvalue weighted by Gasteiger charge is -2.11. The fraction of sp³-hybridized carbons (Fsp3) is 0.571. The van der Waals surface area contributed by atoms with Gasteiger partial charge in [-0.15, -0.1) is 0 Å². The number of methoxy groups -OCH3 is 2. The van der Waals surface area contributed by atoms with Gasteiger partial charge in [0.2, 0.25) is 0 Å².